The molecule has 0 radical (unpaired) electrons. The molecule has 0 bridgehead atoms. The van der Waals surface area contributed by atoms with E-state index in [1.54, 1.807) is 12.1 Å². The van der Waals surface area contributed by atoms with Crippen LogP contribution in [0.4, 0.5) is 11.4 Å². The summed E-state index contributed by atoms with van der Waals surface area (Å²) in [6, 6.07) is 10.1. The zero-order valence-corrected chi connectivity index (χ0v) is 19.2. The first-order valence-electron chi connectivity index (χ1n) is 9.10. The van der Waals surface area contributed by atoms with Crippen LogP contribution in [0.2, 0.25) is 0 Å². The number of sulfone groups is 1. The van der Waals surface area contributed by atoms with Crippen LogP contribution in [0, 0.1) is 6.92 Å². The molecular formula is C20H21BrN2O4S2. The third-order valence-corrected chi connectivity index (χ3v) is 8.59. The molecule has 0 spiro atoms. The Morgan fingerprint density at radius 1 is 1.24 bits per heavy atom. The van der Waals surface area contributed by atoms with Crippen molar-refractivity contribution < 1.29 is 18.0 Å². The van der Waals surface area contributed by atoms with E-state index in [-0.39, 0.29) is 34.1 Å². The molecule has 2 N–H and O–H groups in total. The maximum absolute atomic E-state index is 12.7. The van der Waals surface area contributed by atoms with Crippen LogP contribution >= 0.6 is 27.7 Å². The quantitative estimate of drug-likeness (QED) is 0.618. The molecule has 0 aliphatic carbocycles. The van der Waals surface area contributed by atoms with Gasteiger partial charge in [-0.25, -0.2) is 8.42 Å². The van der Waals surface area contributed by atoms with Gasteiger partial charge in [-0.1, -0.05) is 22.9 Å². The molecule has 29 heavy (non-hydrogen) atoms. The van der Waals surface area contributed by atoms with Crippen LogP contribution in [-0.2, 0) is 19.4 Å². The highest BCUT2D eigenvalue weighted by molar-refractivity contribution is 9.10. The number of thioether (sulfide) groups is 1. The van der Waals surface area contributed by atoms with Gasteiger partial charge >= 0.3 is 0 Å². The molecule has 3 rings (SSSR count). The minimum atomic E-state index is -3.66. The lowest BCUT2D eigenvalue weighted by Gasteiger charge is -2.23. The zero-order valence-electron chi connectivity index (χ0n) is 16.0. The second-order valence-electron chi connectivity index (χ2n) is 6.74. The second kappa shape index (κ2) is 8.89. The molecular weight excluding hydrogens is 476 g/mol. The first-order valence-corrected chi connectivity index (χ1v) is 12.4. The summed E-state index contributed by atoms with van der Waals surface area (Å²) in [6.07, 6.45) is 0.538. The van der Waals surface area contributed by atoms with Gasteiger partial charge in [-0.15, -0.1) is 11.8 Å². The summed E-state index contributed by atoms with van der Waals surface area (Å²) in [4.78, 5) is 25.2. The summed E-state index contributed by atoms with van der Waals surface area (Å²) in [5.74, 6) is -0.808. The van der Waals surface area contributed by atoms with E-state index >= 15 is 0 Å². The topological polar surface area (TPSA) is 92.3 Å². The molecule has 2 amide bonds. The molecule has 1 heterocycles. The Balaban J connectivity index is 1.66. The van der Waals surface area contributed by atoms with E-state index < -0.39 is 9.84 Å². The molecule has 1 aliphatic rings. The minimum absolute atomic E-state index is 0.0967. The number of benzene rings is 2. The molecule has 6 nitrogen and oxygen atoms in total. The van der Waals surface area contributed by atoms with E-state index in [4.69, 9.17) is 0 Å². The summed E-state index contributed by atoms with van der Waals surface area (Å²) in [5, 5.41) is 5.32. The number of hydrogen-bond donors (Lipinski definition) is 2. The predicted molar refractivity (Wildman–Crippen MR) is 119 cm³/mol. The number of aryl methyl sites for hydroxylation is 1. The van der Waals surface area contributed by atoms with Crippen LogP contribution in [-0.4, -0.2) is 31.2 Å². The number of halogens is 1. The first-order chi connectivity index (χ1) is 13.7. The fourth-order valence-corrected chi connectivity index (χ4v) is 5.41. The Morgan fingerprint density at radius 3 is 2.69 bits per heavy atom. The standard InChI is InChI=1S/C20H21BrN2O4S2/c1-3-17-20(25)23-16-11-14(5-7-18(16)28-17)29(26,27)9-8-19(24)22-13-4-6-15(21)12(2)10-13/h4-7,10-11,17H,3,8-9H2,1-2H3,(H,22,24)(H,23,25). The van der Waals surface area contributed by atoms with Gasteiger partial charge in [0.1, 0.15) is 0 Å². The van der Waals surface area contributed by atoms with Crippen molar-refractivity contribution in [3.05, 3.63) is 46.4 Å². The van der Waals surface area contributed by atoms with Crippen molar-refractivity contribution in [2.75, 3.05) is 16.4 Å². The lowest BCUT2D eigenvalue weighted by atomic mass is 10.2. The van der Waals surface area contributed by atoms with Gasteiger partial charge < -0.3 is 10.6 Å². The average molecular weight is 497 g/mol. The van der Waals surface area contributed by atoms with Crippen molar-refractivity contribution in [1.82, 2.24) is 0 Å². The molecule has 2 aromatic carbocycles. The van der Waals surface area contributed by atoms with Crippen molar-refractivity contribution in [1.29, 1.82) is 0 Å². The number of anilines is 2. The van der Waals surface area contributed by atoms with Gasteiger partial charge in [0.05, 0.1) is 21.6 Å². The Hall–Kier alpha value is -1.84. The van der Waals surface area contributed by atoms with Gasteiger partial charge in [-0.05, 0) is 55.3 Å². The number of carbonyl (C=O) groups is 2. The van der Waals surface area contributed by atoms with Crippen molar-refractivity contribution in [2.24, 2.45) is 0 Å². The molecule has 0 saturated carbocycles. The first kappa shape index (κ1) is 21.9. The average Bonchev–Trinajstić information content (AvgIpc) is 2.68. The molecule has 1 aliphatic heterocycles. The van der Waals surface area contributed by atoms with E-state index in [2.05, 4.69) is 26.6 Å². The normalized spacial score (nSPS) is 16.1. The number of fused-ring (bicyclic) bond motifs is 1. The highest BCUT2D eigenvalue weighted by Gasteiger charge is 2.27. The van der Waals surface area contributed by atoms with E-state index in [9.17, 15) is 18.0 Å². The third-order valence-electron chi connectivity index (χ3n) is 4.54. The van der Waals surface area contributed by atoms with Crippen molar-refractivity contribution in [3.8, 4) is 0 Å². The number of hydrogen-bond acceptors (Lipinski definition) is 5. The monoisotopic (exact) mass is 496 g/mol. The number of carbonyl (C=O) groups excluding carboxylic acids is 2. The fraction of sp³-hybridized carbons (Fsp3) is 0.300. The van der Waals surface area contributed by atoms with Crippen LogP contribution in [0.3, 0.4) is 0 Å². The molecule has 0 fully saturated rings. The van der Waals surface area contributed by atoms with Gasteiger partial charge in [-0.2, -0.15) is 0 Å². The Kier molecular flexibility index (Phi) is 6.70. The SMILES string of the molecule is CCC1Sc2ccc(S(=O)(=O)CCC(=O)Nc3ccc(Br)c(C)c3)cc2NC1=O. The Morgan fingerprint density at radius 2 is 2.00 bits per heavy atom. The van der Waals surface area contributed by atoms with Crippen LogP contribution in [0.15, 0.2) is 50.7 Å². The van der Waals surface area contributed by atoms with Crippen LogP contribution in [0.1, 0.15) is 25.3 Å². The van der Waals surface area contributed by atoms with Crippen molar-refractivity contribution in [3.63, 3.8) is 0 Å². The van der Waals surface area contributed by atoms with E-state index in [1.807, 2.05) is 26.0 Å². The third kappa shape index (κ3) is 5.21. The summed E-state index contributed by atoms with van der Waals surface area (Å²) in [7, 11) is -3.66. The smallest absolute Gasteiger partial charge is 0.237 e. The molecule has 9 heteroatoms. The van der Waals surface area contributed by atoms with E-state index in [1.165, 1.54) is 23.9 Å². The Bertz CT molecular complexity index is 1070. The van der Waals surface area contributed by atoms with Crippen LogP contribution < -0.4 is 10.6 Å². The lowest BCUT2D eigenvalue weighted by Crippen LogP contribution is -2.28. The fourth-order valence-electron chi connectivity index (χ4n) is 2.88. The second-order valence-corrected chi connectivity index (χ2v) is 11.0. The van der Waals surface area contributed by atoms with Crippen LogP contribution in [0.25, 0.3) is 0 Å². The van der Waals surface area contributed by atoms with Crippen LogP contribution in [0.5, 0.6) is 0 Å². The molecule has 0 aromatic heterocycles. The van der Waals surface area contributed by atoms with Gasteiger partial charge in [-0.3, -0.25) is 9.59 Å². The summed E-state index contributed by atoms with van der Waals surface area (Å²) >= 11 is 4.83. The highest BCUT2D eigenvalue weighted by atomic mass is 79.9. The van der Waals surface area contributed by atoms with Gasteiger partial charge in [0.25, 0.3) is 0 Å². The summed E-state index contributed by atoms with van der Waals surface area (Å²) in [5.41, 5.74) is 2.09. The number of amides is 2. The van der Waals surface area contributed by atoms with Crippen molar-refractivity contribution >= 4 is 60.7 Å². The van der Waals surface area contributed by atoms with Gasteiger partial charge in [0.2, 0.25) is 11.8 Å². The minimum Gasteiger partial charge on any atom is -0.326 e. The lowest BCUT2D eigenvalue weighted by molar-refractivity contribution is -0.116. The van der Waals surface area contributed by atoms with Gasteiger partial charge in [0.15, 0.2) is 9.84 Å². The summed E-state index contributed by atoms with van der Waals surface area (Å²) < 4.78 is 26.3. The molecule has 1 unspecified atom stereocenters. The van der Waals surface area contributed by atoms with E-state index in [0.29, 0.717) is 17.8 Å². The molecule has 0 saturated heterocycles. The maximum atomic E-state index is 12.7. The molecule has 2 aromatic rings. The zero-order chi connectivity index (χ0) is 21.2. The van der Waals surface area contributed by atoms with Crippen molar-refractivity contribution in [2.45, 2.75) is 41.7 Å². The largest absolute Gasteiger partial charge is 0.326 e. The highest BCUT2D eigenvalue weighted by Crippen LogP contribution is 2.38. The summed E-state index contributed by atoms with van der Waals surface area (Å²) in [6.45, 7) is 3.84. The Labute approximate surface area is 182 Å². The van der Waals surface area contributed by atoms with Gasteiger partial charge in [0, 0.05) is 21.5 Å². The number of nitrogens with one attached hydrogen (secondary N) is 2. The number of rotatable bonds is 6. The molecule has 154 valence electrons. The van der Waals surface area contributed by atoms with E-state index in [0.717, 1.165) is 14.9 Å². The maximum Gasteiger partial charge on any atom is 0.237 e. The predicted octanol–water partition coefficient (Wildman–Crippen LogP) is 4.38. The molecule has 1 atom stereocenters.